The van der Waals surface area contributed by atoms with E-state index in [2.05, 4.69) is 5.10 Å². The molecule has 9 heteroatoms. The first-order valence-corrected chi connectivity index (χ1v) is 9.13. The number of amides is 1. The van der Waals surface area contributed by atoms with Gasteiger partial charge in [-0.3, -0.25) is 9.48 Å². The number of aromatic nitrogens is 2. The Morgan fingerprint density at radius 2 is 2.30 bits per heavy atom. The van der Waals surface area contributed by atoms with Gasteiger partial charge in [-0.25, -0.2) is 8.42 Å². The molecule has 0 aliphatic carbocycles. The van der Waals surface area contributed by atoms with Crippen molar-refractivity contribution in [3.63, 3.8) is 0 Å². The van der Waals surface area contributed by atoms with Crippen molar-refractivity contribution in [3.8, 4) is 0 Å². The van der Waals surface area contributed by atoms with Crippen molar-refractivity contribution in [2.75, 3.05) is 29.5 Å². The molecule has 1 atom stereocenters. The van der Waals surface area contributed by atoms with Crippen molar-refractivity contribution in [1.29, 1.82) is 0 Å². The average Bonchev–Trinajstić information content (AvgIpc) is 2.77. The molecule has 0 radical (unpaired) electrons. The Morgan fingerprint density at radius 1 is 1.60 bits per heavy atom. The number of nitrogens with zero attached hydrogens (tertiary/aromatic N) is 3. The smallest absolute Gasteiger partial charge is 0.275 e. The summed E-state index contributed by atoms with van der Waals surface area (Å²) in [6, 6.07) is 0. The minimum absolute atomic E-state index is 0.0167. The first kappa shape index (κ1) is 15.2. The second kappa shape index (κ2) is 5.65. The molecule has 1 unspecified atom stereocenters. The van der Waals surface area contributed by atoms with E-state index >= 15 is 0 Å². The van der Waals surface area contributed by atoms with Crippen molar-refractivity contribution in [2.24, 2.45) is 7.05 Å². The topological polar surface area (TPSA) is 98.3 Å². The molecule has 0 bridgehead atoms. The maximum absolute atomic E-state index is 12.6. The number of hydrogen-bond acceptors (Lipinski definition) is 6. The summed E-state index contributed by atoms with van der Waals surface area (Å²) in [5, 5.41) is 3.14. The second-order valence-electron chi connectivity index (χ2n) is 4.55. The highest BCUT2D eigenvalue weighted by atomic mass is 32.2. The number of nitrogen functional groups attached to an aromatic ring is 1. The minimum Gasteiger partial charge on any atom is -0.396 e. The SMILES string of the molecule is CCS(=O)(=O)C1CSCCN1C(=O)c1c(N)cnn1C. The number of anilines is 1. The average molecular weight is 318 g/mol. The number of rotatable bonds is 3. The number of hydrogen-bond donors (Lipinski definition) is 1. The third-order valence-corrected chi connectivity index (χ3v) is 6.62. The molecule has 20 heavy (non-hydrogen) atoms. The standard InChI is InChI=1S/C11H18N4O3S2/c1-3-20(17,18)9-7-19-5-4-15(9)11(16)10-8(12)6-13-14(10)2/h6,9H,3-5,7,12H2,1-2H3. The summed E-state index contributed by atoms with van der Waals surface area (Å²) in [5.74, 6) is 0.770. The highest BCUT2D eigenvalue weighted by Crippen LogP contribution is 2.24. The third kappa shape index (κ3) is 2.64. The number of nitrogens with two attached hydrogens (primary N) is 1. The van der Waals surface area contributed by atoms with E-state index < -0.39 is 15.2 Å². The monoisotopic (exact) mass is 318 g/mol. The second-order valence-corrected chi connectivity index (χ2v) is 8.15. The largest absolute Gasteiger partial charge is 0.396 e. The number of sulfone groups is 1. The molecule has 0 spiro atoms. The van der Waals surface area contributed by atoms with Gasteiger partial charge in [-0.1, -0.05) is 6.92 Å². The fourth-order valence-electron chi connectivity index (χ4n) is 2.16. The molecule has 1 aromatic heterocycles. The molecule has 2 heterocycles. The van der Waals surface area contributed by atoms with Crippen LogP contribution in [0, 0.1) is 0 Å². The van der Waals surface area contributed by atoms with Crippen molar-refractivity contribution in [3.05, 3.63) is 11.9 Å². The van der Waals surface area contributed by atoms with Crippen molar-refractivity contribution >= 4 is 33.2 Å². The number of carbonyl (C=O) groups is 1. The van der Waals surface area contributed by atoms with Crippen LogP contribution >= 0.6 is 11.8 Å². The van der Waals surface area contributed by atoms with Gasteiger partial charge >= 0.3 is 0 Å². The molecule has 1 aliphatic heterocycles. The molecule has 1 aliphatic rings. The van der Waals surface area contributed by atoms with Crippen LogP contribution < -0.4 is 5.73 Å². The van der Waals surface area contributed by atoms with Crippen LogP contribution in [0.2, 0.25) is 0 Å². The van der Waals surface area contributed by atoms with Gasteiger partial charge in [0.1, 0.15) is 11.1 Å². The fourth-order valence-corrected chi connectivity index (χ4v) is 5.12. The lowest BCUT2D eigenvalue weighted by Crippen LogP contribution is -2.51. The van der Waals surface area contributed by atoms with Gasteiger partial charge in [-0.2, -0.15) is 16.9 Å². The molecule has 0 aromatic carbocycles. The van der Waals surface area contributed by atoms with E-state index in [1.165, 1.54) is 15.8 Å². The quantitative estimate of drug-likeness (QED) is 0.839. The highest BCUT2D eigenvalue weighted by Gasteiger charge is 2.37. The van der Waals surface area contributed by atoms with Crippen molar-refractivity contribution in [2.45, 2.75) is 12.3 Å². The van der Waals surface area contributed by atoms with Gasteiger partial charge in [0.05, 0.1) is 11.9 Å². The maximum Gasteiger partial charge on any atom is 0.275 e. The summed E-state index contributed by atoms with van der Waals surface area (Å²) in [7, 11) is -1.70. The van der Waals surface area contributed by atoms with Crippen molar-refractivity contribution in [1.82, 2.24) is 14.7 Å². The first-order chi connectivity index (χ1) is 9.38. The number of aryl methyl sites for hydroxylation is 1. The molecule has 7 nitrogen and oxygen atoms in total. The lowest BCUT2D eigenvalue weighted by atomic mass is 10.3. The van der Waals surface area contributed by atoms with Gasteiger partial charge in [0.25, 0.3) is 5.91 Å². The lowest BCUT2D eigenvalue weighted by molar-refractivity contribution is 0.0739. The molecule has 112 valence electrons. The summed E-state index contributed by atoms with van der Waals surface area (Å²) < 4.78 is 25.7. The van der Waals surface area contributed by atoms with Gasteiger partial charge < -0.3 is 10.6 Å². The van der Waals surface area contributed by atoms with Crippen LogP contribution in [0.5, 0.6) is 0 Å². The zero-order valence-corrected chi connectivity index (χ0v) is 13.1. The predicted molar refractivity (Wildman–Crippen MR) is 79.2 cm³/mol. The molecule has 0 saturated carbocycles. The Morgan fingerprint density at radius 3 is 2.85 bits per heavy atom. The van der Waals surface area contributed by atoms with Crippen LogP contribution in [0.3, 0.4) is 0 Å². The van der Waals surface area contributed by atoms with Crippen LogP contribution in [-0.4, -0.2) is 58.2 Å². The van der Waals surface area contributed by atoms with E-state index in [0.29, 0.717) is 12.3 Å². The van der Waals surface area contributed by atoms with Gasteiger partial charge in [0.15, 0.2) is 9.84 Å². The summed E-state index contributed by atoms with van der Waals surface area (Å²) in [6.45, 7) is 1.99. The van der Waals surface area contributed by atoms with Crippen LogP contribution in [0.1, 0.15) is 17.4 Å². The van der Waals surface area contributed by atoms with Crippen LogP contribution in [0.4, 0.5) is 5.69 Å². The lowest BCUT2D eigenvalue weighted by Gasteiger charge is -2.34. The molecule has 1 fully saturated rings. The van der Waals surface area contributed by atoms with Gasteiger partial charge in [0.2, 0.25) is 0 Å². The fraction of sp³-hybridized carbons (Fsp3) is 0.636. The van der Waals surface area contributed by atoms with E-state index in [-0.39, 0.29) is 23.0 Å². The van der Waals surface area contributed by atoms with Crippen molar-refractivity contribution < 1.29 is 13.2 Å². The van der Waals surface area contributed by atoms with Gasteiger partial charge in [-0.05, 0) is 0 Å². The zero-order chi connectivity index (χ0) is 14.9. The zero-order valence-electron chi connectivity index (χ0n) is 11.4. The van der Waals surface area contributed by atoms with Gasteiger partial charge in [-0.15, -0.1) is 0 Å². The molecule has 1 amide bonds. The van der Waals surface area contributed by atoms with Crippen LogP contribution in [-0.2, 0) is 16.9 Å². The first-order valence-electron chi connectivity index (χ1n) is 6.26. The normalized spacial score (nSPS) is 20.1. The summed E-state index contributed by atoms with van der Waals surface area (Å²) in [4.78, 5) is 14.0. The van der Waals surface area contributed by atoms with Crippen LogP contribution in [0.25, 0.3) is 0 Å². The maximum atomic E-state index is 12.6. The van der Waals surface area contributed by atoms with Crippen LogP contribution in [0.15, 0.2) is 6.20 Å². The molecule has 2 N–H and O–H groups in total. The summed E-state index contributed by atoms with van der Waals surface area (Å²) in [6.07, 6.45) is 1.40. The van der Waals surface area contributed by atoms with Gasteiger partial charge in [0, 0.05) is 30.9 Å². The predicted octanol–water partition coefficient (Wildman–Crippen LogP) is -0.0479. The Hall–Kier alpha value is -1.22. The van der Waals surface area contributed by atoms with E-state index in [9.17, 15) is 13.2 Å². The highest BCUT2D eigenvalue weighted by molar-refractivity contribution is 8.01. The van der Waals surface area contributed by atoms with E-state index in [4.69, 9.17) is 5.73 Å². The number of carbonyl (C=O) groups excluding carboxylic acids is 1. The summed E-state index contributed by atoms with van der Waals surface area (Å²) >= 11 is 1.55. The summed E-state index contributed by atoms with van der Waals surface area (Å²) in [5.41, 5.74) is 6.26. The molecular weight excluding hydrogens is 300 g/mol. The Bertz CT molecular complexity index is 592. The Labute approximate surface area is 122 Å². The molecular formula is C11H18N4O3S2. The Kier molecular flexibility index (Phi) is 4.28. The third-order valence-electron chi connectivity index (χ3n) is 3.33. The minimum atomic E-state index is -3.32. The van der Waals surface area contributed by atoms with E-state index in [1.807, 2.05) is 0 Å². The van der Waals surface area contributed by atoms with E-state index in [0.717, 1.165) is 5.75 Å². The molecule has 1 aromatic rings. The molecule has 2 rings (SSSR count). The number of thioether (sulfide) groups is 1. The Balaban J connectivity index is 2.36. The van der Waals surface area contributed by atoms with E-state index in [1.54, 1.807) is 25.7 Å². The molecule has 1 saturated heterocycles.